The Hall–Kier alpha value is -1.32. The normalized spacial score (nSPS) is 10.8. The number of urea groups is 1. The molecule has 0 heterocycles. The average molecular weight is 267 g/mol. The highest BCUT2D eigenvalue weighted by molar-refractivity contribution is 7.98. The maximum atomic E-state index is 10.1. The Kier molecular flexibility index (Phi) is 11.9. The number of carbonyl (C=O) groups is 3. The molecular formula is C8H17N3O5S. The minimum Gasteiger partial charge on any atom is -0.480 e. The van der Waals surface area contributed by atoms with Crippen LogP contribution in [0.5, 0.6) is 0 Å². The van der Waals surface area contributed by atoms with Crippen molar-refractivity contribution in [1.29, 1.82) is 0 Å². The molecule has 1 atom stereocenters. The number of hydrogen-bond donors (Lipinski definition) is 5. The minimum atomic E-state index is -0.955. The van der Waals surface area contributed by atoms with Crippen LogP contribution in [0, 0.1) is 0 Å². The summed E-state index contributed by atoms with van der Waals surface area (Å²) in [5.41, 5.74) is 9.68. The van der Waals surface area contributed by atoms with Crippen LogP contribution in [0.25, 0.3) is 0 Å². The zero-order chi connectivity index (χ0) is 13.8. The second-order valence-corrected chi connectivity index (χ2v) is 3.78. The van der Waals surface area contributed by atoms with E-state index in [0.717, 1.165) is 5.75 Å². The number of aliphatic hydroxyl groups excluding tert-OH is 1. The van der Waals surface area contributed by atoms with Crippen molar-refractivity contribution in [2.45, 2.75) is 12.5 Å². The molecule has 0 rings (SSSR count). The summed E-state index contributed by atoms with van der Waals surface area (Å²) in [5, 5.41) is 17.9. The lowest BCUT2D eigenvalue weighted by atomic mass is 10.2. The summed E-state index contributed by atoms with van der Waals surface area (Å²) in [6, 6.07) is -1.64. The van der Waals surface area contributed by atoms with Gasteiger partial charge in [-0.3, -0.25) is 14.9 Å². The molecule has 0 aromatic rings. The molecule has 0 saturated carbocycles. The van der Waals surface area contributed by atoms with E-state index in [9.17, 15) is 14.4 Å². The Morgan fingerprint density at radius 2 is 1.94 bits per heavy atom. The number of nitrogens with two attached hydrogens (primary N) is 2. The monoisotopic (exact) mass is 267 g/mol. The Labute approximate surface area is 103 Å². The van der Waals surface area contributed by atoms with E-state index >= 15 is 0 Å². The van der Waals surface area contributed by atoms with Crippen molar-refractivity contribution in [1.82, 2.24) is 5.32 Å². The number of hydrogen-bond acceptors (Lipinski definition) is 6. The summed E-state index contributed by atoms with van der Waals surface area (Å²) in [4.78, 5) is 29.8. The van der Waals surface area contributed by atoms with Crippen LogP contribution in [-0.2, 0) is 9.59 Å². The van der Waals surface area contributed by atoms with Gasteiger partial charge in [-0.05, 0) is 18.4 Å². The lowest BCUT2D eigenvalue weighted by molar-refractivity contribution is -0.138. The largest absolute Gasteiger partial charge is 0.480 e. The van der Waals surface area contributed by atoms with Gasteiger partial charge in [0.15, 0.2) is 0 Å². The molecule has 0 bridgehead atoms. The number of carboxylic acid groups (broad SMARTS) is 1. The predicted molar refractivity (Wildman–Crippen MR) is 63.4 cm³/mol. The van der Waals surface area contributed by atoms with Crippen LogP contribution in [0.15, 0.2) is 0 Å². The van der Waals surface area contributed by atoms with Crippen LogP contribution in [0.2, 0.25) is 0 Å². The molecule has 0 spiro atoms. The number of thioether (sulfide) groups is 1. The SMILES string of the molecule is CSCCC(N)C(=O)O.NC(=O)NC(=O)CO. The van der Waals surface area contributed by atoms with Gasteiger partial charge in [0.05, 0.1) is 0 Å². The number of nitrogens with one attached hydrogen (secondary N) is 1. The number of carbonyl (C=O) groups excluding carboxylic acids is 2. The van der Waals surface area contributed by atoms with Crippen molar-refractivity contribution in [3.63, 3.8) is 0 Å². The number of amides is 3. The quantitative estimate of drug-likeness (QED) is 0.398. The molecule has 8 nitrogen and oxygen atoms in total. The first-order chi connectivity index (χ1) is 7.84. The molecule has 17 heavy (non-hydrogen) atoms. The van der Waals surface area contributed by atoms with Gasteiger partial charge in [0.2, 0.25) is 0 Å². The van der Waals surface area contributed by atoms with Gasteiger partial charge in [-0.1, -0.05) is 0 Å². The van der Waals surface area contributed by atoms with Crippen molar-refractivity contribution >= 4 is 29.7 Å². The highest BCUT2D eigenvalue weighted by Crippen LogP contribution is 1.97. The Morgan fingerprint density at radius 1 is 1.41 bits per heavy atom. The third-order valence-electron chi connectivity index (χ3n) is 1.36. The number of aliphatic carboxylic acids is 1. The van der Waals surface area contributed by atoms with Crippen molar-refractivity contribution in [2.24, 2.45) is 11.5 Å². The summed E-state index contributed by atoms with van der Waals surface area (Å²) in [7, 11) is 0. The standard InChI is InChI=1S/C5H11NO2S.C3H6N2O3/c1-9-3-2-4(6)5(7)8;4-3(8)5-2(7)1-6/h4H,2-3,6H2,1H3,(H,7,8);6H,1H2,(H3,4,5,7,8). The lowest BCUT2D eigenvalue weighted by Gasteiger charge is -2.02. The molecule has 0 aliphatic heterocycles. The molecular weight excluding hydrogens is 250 g/mol. The van der Waals surface area contributed by atoms with Gasteiger partial charge < -0.3 is 21.7 Å². The first-order valence-corrected chi connectivity index (χ1v) is 5.92. The molecule has 0 aliphatic carbocycles. The maximum absolute atomic E-state index is 10.1. The summed E-state index contributed by atoms with van der Waals surface area (Å²) in [5.74, 6) is -0.894. The maximum Gasteiger partial charge on any atom is 0.320 e. The average Bonchev–Trinajstić information content (AvgIpc) is 2.25. The van der Waals surface area contributed by atoms with Gasteiger partial charge in [0.25, 0.3) is 5.91 Å². The molecule has 3 amide bonds. The van der Waals surface area contributed by atoms with E-state index in [1.807, 2.05) is 6.26 Å². The topological polar surface area (TPSA) is 156 Å². The number of rotatable bonds is 5. The zero-order valence-electron chi connectivity index (χ0n) is 9.38. The molecule has 0 fully saturated rings. The van der Waals surface area contributed by atoms with E-state index in [-0.39, 0.29) is 0 Å². The molecule has 9 heteroatoms. The van der Waals surface area contributed by atoms with Gasteiger partial charge in [-0.25, -0.2) is 4.79 Å². The number of primary amides is 1. The third-order valence-corrected chi connectivity index (χ3v) is 2.00. The summed E-state index contributed by atoms with van der Waals surface area (Å²) in [6.07, 6.45) is 2.48. The Bertz CT molecular complexity index is 262. The molecule has 0 aromatic heterocycles. The highest BCUT2D eigenvalue weighted by atomic mass is 32.2. The summed E-state index contributed by atoms with van der Waals surface area (Å²) >= 11 is 1.60. The first kappa shape index (κ1) is 18.1. The highest BCUT2D eigenvalue weighted by Gasteiger charge is 2.08. The summed E-state index contributed by atoms with van der Waals surface area (Å²) in [6.45, 7) is -0.719. The second kappa shape index (κ2) is 11.2. The fraction of sp³-hybridized carbons (Fsp3) is 0.625. The van der Waals surface area contributed by atoms with Gasteiger partial charge in [0.1, 0.15) is 12.6 Å². The van der Waals surface area contributed by atoms with E-state index in [0.29, 0.717) is 6.42 Å². The molecule has 0 saturated heterocycles. The molecule has 1 unspecified atom stereocenters. The van der Waals surface area contributed by atoms with Crippen molar-refractivity contribution < 1.29 is 24.6 Å². The van der Waals surface area contributed by atoms with Crippen molar-refractivity contribution in [3.8, 4) is 0 Å². The van der Waals surface area contributed by atoms with Crippen LogP contribution >= 0.6 is 11.8 Å². The molecule has 0 aromatic carbocycles. The summed E-state index contributed by atoms with van der Waals surface area (Å²) < 4.78 is 0. The molecule has 7 N–H and O–H groups in total. The van der Waals surface area contributed by atoms with Crippen molar-refractivity contribution in [2.75, 3.05) is 18.6 Å². The van der Waals surface area contributed by atoms with E-state index < -0.39 is 30.6 Å². The third kappa shape index (κ3) is 14.7. The van der Waals surface area contributed by atoms with Gasteiger partial charge in [0, 0.05) is 0 Å². The van der Waals surface area contributed by atoms with Crippen LogP contribution in [0.3, 0.4) is 0 Å². The van der Waals surface area contributed by atoms with Crippen LogP contribution in [0.1, 0.15) is 6.42 Å². The number of carboxylic acids is 1. The second-order valence-electron chi connectivity index (χ2n) is 2.80. The molecule has 0 radical (unpaired) electrons. The van der Waals surface area contributed by atoms with E-state index in [2.05, 4.69) is 5.73 Å². The van der Waals surface area contributed by atoms with Crippen LogP contribution in [0.4, 0.5) is 4.79 Å². The van der Waals surface area contributed by atoms with Gasteiger partial charge >= 0.3 is 12.0 Å². The van der Waals surface area contributed by atoms with Crippen LogP contribution < -0.4 is 16.8 Å². The molecule has 0 aliphatic rings. The van der Waals surface area contributed by atoms with E-state index in [1.165, 1.54) is 0 Å². The number of imide groups is 1. The number of aliphatic hydroxyl groups is 1. The smallest absolute Gasteiger partial charge is 0.320 e. The zero-order valence-corrected chi connectivity index (χ0v) is 10.2. The van der Waals surface area contributed by atoms with Crippen molar-refractivity contribution in [3.05, 3.63) is 0 Å². The Balaban J connectivity index is 0. The van der Waals surface area contributed by atoms with Gasteiger partial charge in [-0.15, -0.1) is 0 Å². The Morgan fingerprint density at radius 3 is 2.18 bits per heavy atom. The first-order valence-electron chi connectivity index (χ1n) is 4.52. The fourth-order valence-electron chi connectivity index (χ4n) is 0.545. The van der Waals surface area contributed by atoms with E-state index in [4.69, 9.17) is 15.9 Å². The van der Waals surface area contributed by atoms with Gasteiger partial charge in [-0.2, -0.15) is 11.8 Å². The van der Waals surface area contributed by atoms with E-state index in [1.54, 1.807) is 17.1 Å². The minimum absolute atomic E-state index is 0.552. The predicted octanol–water partition coefficient (Wildman–Crippen LogP) is -1.67. The fourth-order valence-corrected chi connectivity index (χ4v) is 1.03. The van der Waals surface area contributed by atoms with Crippen LogP contribution in [-0.4, -0.2) is 52.8 Å². The molecule has 100 valence electrons. The lowest BCUT2D eigenvalue weighted by Crippen LogP contribution is -2.36.